The Morgan fingerprint density at radius 2 is 1.62 bits per heavy atom. The number of likely N-dealkylation sites (N-methyl/N-ethyl adjacent to an activating group) is 1. The maximum Gasteiger partial charge on any atom is 0.161 e. The molecule has 3 heteroatoms. The Morgan fingerprint density at radius 1 is 1.00 bits per heavy atom. The molecule has 0 saturated carbocycles. The van der Waals surface area contributed by atoms with Crippen LogP contribution in [-0.4, -0.2) is 26.3 Å². The Labute approximate surface area is 130 Å². The van der Waals surface area contributed by atoms with Gasteiger partial charge in [-0.3, -0.25) is 0 Å². The van der Waals surface area contributed by atoms with Crippen LogP contribution in [0.3, 0.4) is 0 Å². The van der Waals surface area contributed by atoms with Crippen LogP contribution in [0.4, 0.5) is 0 Å². The number of hydrogen-bond donors (Lipinski definition) is 1. The van der Waals surface area contributed by atoms with Crippen molar-refractivity contribution in [3.05, 3.63) is 23.8 Å². The lowest BCUT2D eigenvalue weighted by molar-refractivity contribution is 0.268. The molecule has 0 aromatic heterocycles. The number of rotatable bonds is 10. The van der Waals surface area contributed by atoms with Crippen LogP contribution in [0.1, 0.15) is 58.4 Å². The first-order valence-electron chi connectivity index (χ1n) is 8.24. The molecule has 0 aliphatic rings. The largest absolute Gasteiger partial charge is 0.490 e. The van der Waals surface area contributed by atoms with Gasteiger partial charge in [0, 0.05) is 6.04 Å². The van der Waals surface area contributed by atoms with Gasteiger partial charge in [-0.1, -0.05) is 33.8 Å². The SMILES string of the molecule is CCCOc1ccc(C(C)C(CC)NC)cc1OCCC. The molecule has 1 aromatic rings. The van der Waals surface area contributed by atoms with E-state index in [9.17, 15) is 0 Å². The lowest BCUT2D eigenvalue weighted by atomic mass is 9.91. The molecule has 0 spiro atoms. The van der Waals surface area contributed by atoms with Gasteiger partial charge in [0.2, 0.25) is 0 Å². The Hall–Kier alpha value is -1.22. The summed E-state index contributed by atoms with van der Waals surface area (Å²) >= 11 is 0. The van der Waals surface area contributed by atoms with Crippen molar-refractivity contribution in [3.63, 3.8) is 0 Å². The average Bonchev–Trinajstić information content (AvgIpc) is 2.52. The van der Waals surface area contributed by atoms with Gasteiger partial charge < -0.3 is 14.8 Å². The van der Waals surface area contributed by atoms with Crippen molar-refractivity contribution in [2.75, 3.05) is 20.3 Å². The first-order valence-corrected chi connectivity index (χ1v) is 8.24. The molecule has 21 heavy (non-hydrogen) atoms. The maximum atomic E-state index is 5.88. The zero-order valence-corrected chi connectivity index (χ0v) is 14.2. The molecule has 1 N–H and O–H groups in total. The van der Waals surface area contributed by atoms with Crippen LogP contribution in [0.25, 0.3) is 0 Å². The highest BCUT2D eigenvalue weighted by Crippen LogP contribution is 2.33. The van der Waals surface area contributed by atoms with Crippen molar-refractivity contribution >= 4 is 0 Å². The minimum atomic E-state index is 0.448. The standard InChI is InChI=1S/C18H31NO2/c1-6-11-20-17-10-9-15(13-18(17)21-12-7-2)14(4)16(8-3)19-5/h9-10,13-14,16,19H,6-8,11-12H2,1-5H3. The Balaban J connectivity index is 2.96. The monoisotopic (exact) mass is 293 g/mol. The molecule has 0 bridgehead atoms. The summed E-state index contributed by atoms with van der Waals surface area (Å²) < 4.78 is 11.7. The van der Waals surface area contributed by atoms with E-state index >= 15 is 0 Å². The average molecular weight is 293 g/mol. The molecule has 1 aromatic carbocycles. The summed E-state index contributed by atoms with van der Waals surface area (Å²) in [5.74, 6) is 2.18. The highest BCUT2D eigenvalue weighted by Gasteiger charge is 2.17. The Kier molecular flexibility index (Phi) is 8.21. The second-order valence-corrected chi connectivity index (χ2v) is 5.50. The number of nitrogens with one attached hydrogen (secondary N) is 1. The van der Waals surface area contributed by atoms with Crippen molar-refractivity contribution in [2.45, 2.75) is 58.9 Å². The van der Waals surface area contributed by atoms with Crippen molar-refractivity contribution in [1.29, 1.82) is 0 Å². The van der Waals surface area contributed by atoms with Crippen molar-refractivity contribution in [1.82, 2.24) is 5.32 Å². The van der Waals surface area contributed by atoms with Crippen molar-refractivity contribution < 1.29 is 9.47 Å². The summed E-state index contributed by atoms with van der Waals surface area (Å²) in [4.78, 5) is 0. The van der Waals surface area contributed by atoms with E-state index in [-0.39, 0.29) is 0 Å². The predicted molar refractivity (Wildman–Crippen MR) is 89.6 cm³/mol. The summed E-state index contributed by atoms with van der Waals surface area (Å²) in [7, 11) is 2.03. The van der Waals surface area contributed by atoms with E-state index in [1.165, 1.54) is 5.56 Å². The third kappa shape index (κ3) is 5.24. The topological polar surface area (TPSA) is 30.5 Å². The third-order valence-corrected chi connectivity index (χ3v) is 3.83. The summed E-state index contributed by atoms with van der Waals surface area (Å²) in [5.41, 5.74) is 1.30. The van der Waals surface area contributed by atoms with Crippen LogP contribution in [-0.2, 0) is 0 Å². The summed E-state index contributed by atoms with van der Waals surface area (Å²) in [5, 5.41) is 3.39. The first-order chi connectivity index (χ1) is 10.2. The van der Waals surface area contributed by atoms with Crippen molar-refractivity contribution in [2.24, 2.45) is 0 Å². The minimum Gasteiger partial charge on any atom is -0.490 e. The second kappa shape index (κ2) is 9.67. The van der Waals surface area contributed by atoms with Crippen LogP contribution in [0.2, 0.25) is 0 Å². The minimum absolute atomic E-state index is 0.448. The normalized spacial score (nSPS) is 13.8. The van der Waals surface area contributed by atoms with E-state index < -0.39 is 0 Å². The zero-order chi connectivity index (χ0) is 15.7. The molecule has 0 fully saturated rings. The second-order valence-electron chi connectivity index (χ2n) is 5.50. The molecule has 2 unspecified atom stereocenters. The molecular weight excluding hydrogens is 262 g/mol. The lowest BCUT2D eigenvalue weighted by Crippen LogP contribution is -2.29. The highest BCUT2D eigenvalue weighted by atomic mass is 16.5. The molecule has 120 valence electrons. The summed E-state index contributed by atoms with van der Waals surface area (Å²) in [6.07, 6.45) is 3.11. The molecule has 1 rings (SSSR count). The Bertz CT molecular complexity index is 402. The van der Waals surface area contributed by atoms with E-state index in [2.05, 4.69) is 51.2 Å². The molecule has 2 atom stereocenters. The van der Waals surface area contributed by atoms with Gasteiger partial charge in [-0.05, 0) is 49.9 Å². The molecule has 0 radical (unpaired) electrons. The highest BCUT2D eigenvalue weighted by molar-refractivity contribution is 5.44. The van der Waals surface area contributed by atoms with Crippen LogP contribution in [0.5, 0.6) is 11.5 Å². The molecule has 0 heterocycles. The first kappa shape index (κ1) is 17.8. The molecule has 3 nitrogen and oxygen atoms in total. The van der Waals surface area contributed by atoms with Crippen LogP contribution in [0.15, 0.2) is 18.2 Å². The lowest BCUT2D eigenvalue weighted by Gasteiger charge is -2.23. The number of hydrogen-bond acceptors (Lipinski definition) is 3. The molecule has 0 saturated heterocycles. The van der Waals surface area contributed by atoms with Gasteiger partial charge in [0.25, 0.3) is 0 Å². The predicted octanol–water partition coefficient (Wildman–Crippen LogP) is 4.37. The fraction of sp³-hybridized carbons (Fsp3) is 0.667. The van der Waals surface area contributed by atoms with Gasteiger partial charge in [0.1, 0.15) is 0 Å². The summed E-state index contributed by atoms with van der Waals surface area (Å²) in [6, 6.07) is 6.83. The number of ether oxygens (including phenoxy) is 2. The van der Waals surface area contributed by atoms with E-state index in [1.54, 1.807) is 0 Å². The van der Waals surface area contributed by atoms with Gasteiger partial charge in [-0.15, -0.1) is 0 Å². The van der Waals surface area contributed by atoms with Crippen LogP contribution < -0.4 is 14.8 Å². The zero-order valence-electron chi connectivity index (χ0n) is 14.2. The van der Waals surface area contributed by atoms with E-state index in [4.69, 9.17) is 9.47 Å². The smallest absolute Gasteiger partial charge is 0.161 e. The van der Waals surface area contributed by atoms with Crippen LogP contribution >= 0.6 is 0 Å². The van der Waals surface area contributed by atoms with Gasteiger partial charge in [-0.25, -0.2) is 0 Å². The number of benzene rings is 1. The summed E-state index contributed by atoms with van der Waals surface area (Å²) in [6.45, 7) is 10.2. The van der Waals surface area contributed by atoms with Gasteiger partial charge in [-0.2, -0.15) is 0 Å². The molecule has 0 aliphatic heterocycles. The van der Waals surface area contributed by atoms with Gasteiger partial charge >= 0.3 is 0 Å². The Morgan fingerprint density at radius 3 is 2.14 bits per heavy atom. The third-order valence-electron chi connectivity index (χ3n) is 3.83. The van der Waals surface area contributed by atoms with E-state index in [0.29, 0.717) is 12.0 Å². The van der Waals surface area contributed by atoms with Crippen LogP contribution in [0, 0.1) is 0 Å². The molecule has 0 aliphatic carbocycles. The van der Waals surface area contributed by atoms with Gasteiger partial charge in [0.05, 0.1) is 13.2 Å². The van der Waals surface area contributed by atoms with Gasteiger partial charge in [0.15, 0.2) is 11.5 Å². The quantitative estimate of drug-likeness (QED) is 0.695. The fourth-order valence-corrected chi connectivity index (χ4v) is 2.50. The maximum absolute atomic E-state index is 5.88. The van der Waals surface area contributed by atoms with Crippen molar-refractivity contribution in [3.8, 4) is 11.5 Å². The van der Waals surface area contributed by atoms with E-state index in [1.807, 2.05) is 7.05 Å². The molecule has 0 amide bonds. The fourth-order valence-electron chi connectivity index (χ4n) is 2.50. The van der Waals surface area contributed by atoms with E-state index in [0.717, 1.165) is 44.0 Å². The molecular formula is C18H31NO2.